The van der Waals surface area contributed by atoms with Crippen LogP contribution in [0.4, 0.5) is 5.82 Å². The molecule has 4 heteroatoms. The zero-order valence-electron chi connectivity index (χ0n) is 11.4. The Morgan fingerprint density at radius 3 is 2.30 bits per heavy atom. The number of nitrogens with zero attached hydrogens (tertiary/aromatic N) is 3. The van der Waals surface area contributed by atoms with Gasteiger partial charge in [-0.05, 0) is 25.0 Å². The third kappa shape index (κ3) is 2.24. The van der Waals surface area contributed by atoms with Gasteiger partial charge in [-0.3, -0.25) is 4.57 Å². The van der Waals surface area contributed by atoms with Gasteiger partial charge in [0.2, 0.25) is 0 Å². The molecule has 0 aliphatic heterocycles. The molecular weight excluding hydrogens is 248 g/mol. The van der Waals surface area contributed by atoms with Gasteiger partial charge in [-0.15, -0.1) is 0 Å². The second-order valence-corrected chi connectivity index (χ2v) is 4.58. The van der Waals surface area contributed by atoms with Crippen molar-refractivity contribution in [3.63, 3.8) is 0 Å². The van der Waals surface area contributed by atoms with Gasteiger partial charge in [-0.2, -0.15) is 10.5 Å². The van der Waals surface area contributed by atoms with E-state index in [2.05, 4.69) is 19.1 Å². The molecule has 0 aliphatic rings. The molecule has 0 atom stereocenters. The van der Waals surface area contributed by atoms with E-state index in [-0.39, 0.29) is 5.56 Å². The summed E-state index contributed by atoms with van der Waals surface area (Å²) in [6.45, 7) is 2.09. The minimum atomic E-state index is 0.280. The van der Waals surface area contributed by atoms with Gasteiger partial charge in [0.15, 0.2) is 0 Å². The van der Waals surface area contributed by atoms with Gasteiger partial charge < -0.3 is 5.73 Å². The van der Waals surface area contributed by atoms with Crippen LogP contribution in [-0.2, 0) is 6.42 Å². The van der Waals surface area contributed by atoms with E-state index in [1.807, 2.05) is 34.9 Å². The van der Waals surface area contributed by atoms with Crippen LogP contribution in [0.25, 0.3) is 5.69 Å². The van der Waals surface area contributed by atoms with Crippen LogP contribution < -0.4 is 5.73 Å². The fourth-order valence-electron chi connectivity index (χ4n) is 2.33. The minimum absolute atomic E-state index is 0.280. The van der Waals surface area contributed by atoms with Crippen LogP contribution in [0.1, 0.15) is 36.6 Å². The van der Waals surface area contributed by atoms with E-state index in [0.29, 0.717) is 11.4 Å². The summed E-state index contributed by atoms with van der Waals surface area (Å²) >= 11 is 0. The zero-order valence-corrected chi connectivity index (χ0v) is 11.4. The highest BCUT2D eigenvalue weighted by Crippen LogP contribution is 2.29. The number of para-hydroxylation sites is 1. The first-order chi connectivity index (χ1) is 9.74. The van der Waals surface area contributed by atoms with Crippen molar-refractivity contribution in [2.45, 2.75) is 26.2 Å². The van der Waals surface area contributed by atoms with E-state index in [9.17, 15) is 10.5 Å². The number of nitrogens with two attached hydrogens (primary N) is 1. The molecule has 1 aromatic carbocycles. The molecule has 0 bridgehead atoms. The molecule has 0 fully saturated rings. The number of nitriles is 2. The Balaban J connectivity index is 2.70. The summed E-state index contributed by atoms with van der Waals surface area (Å²) in [6, 6.07) is 13.8. The number of unbranched alkanes of at least 4 members (excludes halogenated alkanes) is 1. The summed E-state index contributed by atoms with van der Waals surface area (Å²) < 4.78 is 1.83. The highest BCUT2D eigenvalue weighted by Gasteiger charge is 2.21. The number of hydrogen-bond donors (Lipinski definition) is 1. The lowest BCUT2D eigenvalue weighted by molar-refractivity contribution is 0.760. The lowest BCUT2D eigenvalue weighted by Crippen LogP contribution is -2.05. The summed E-state index contributed by atoms with van der Waals surface area (Å²) in [6.07, 6.45) is 2.71. The normalized spacial score (nSPS) is 9.95. The van der Waals surface area contributed by atoms with Crippen LogP contribution in [-0.4, -0.2) is 4.57 Å². The monoisotopic (exact) mass is 264 g/mol. The van der Waals surface area contributed by atoms with Crippen LogP contribution in [0.5, 0.6) is 0 Å². The molecule has 1 heterocycles. The fraction of sp³-hybridized carbons (Fsp3) is 0.250. The van der Waals surface area contributed by atoms with Crippen molar-refractivity contribution in [3.05, 3.63) is 47.2 Å². The van der Waals surface area contributed by atoms with E-state index in [0.717, 1.165) is 30.6 Å². The molecule has 20 heavy (non-hydrogen) atoms. The van der Waals surface area contributed by atoms with E-state index >= 15 is 0 Å². The highest BCUT2D eigenvalue weighted by molar-refractivity contribution is 5.66. The summed E-state index contributed by atoms with van der Waals surface area (Å²) in [4.78, 5) is 0. The van der Waals surface area contributed by atoms with Crippen molar-refractivity contribution >= 4 is 5.82 Å². The Hall–Kier alpha value is -2.72. The van der Waals surface area contributed by atoms with Gasteiger partial charge in [0.25, 0.3) is 0 Å². The Kier molecular flexibility index (Phi) is 4.08. The first-order valence-electron chi connectivity index (χ1n) is 6.63. The van der Waals surface area contributed by atoms with Gasteiger partial charge in [0.1, 0.15) is 23.5 Å². The zero-order chi connectivity index (χ0) is 14.5. The van der Waals surface area contributed by atoms with E-state index in [1.165, 1.54) is 0 Å². The predicted octanol–water partition coefficient (Wildman–Crippen LogP) is 3.15. The van der Waals surface area contributed by atoms with Gasteiger partial charge in [0, 0.05) is 11.4 Å². The minimum Gasteiger partial charge on any atom is -0.384 e. The second-order valence-electron chi connectivity index (χ2n) is 4.58. The molecule has 1 aromatic heterocycles. The predicted molar refractivity (Wildman–Crippen MR) is 78.2 cm³/mol. The Morgan fingerprint density at radius 2 is 1.75 bits per heavy atom. The summed E-state index contributed by atoms with van der Waals surface area (Å²) in [5.41, 5.74) is 8.48. The van der Waals surface area contributed by atoms with Crippen molar-refractivity contribution < 1.29 is 0 Å². The molecule has 0 amide bonds. The molecule has 4 nitrogen and oxygen atoms in total. The molecule has 0 saturated heterocycles. The lowest BCUT2D eigenvalue weighted by atomic mass is 10.1. The second kappa shape index (κ2) is 5.95. The fourth-order valence-corrected chi connectivity index (χ4v) is 2.33. The number of rotatable bonds is 4. The Morgan fingerprint density at radius 1 is 1.10 bits per heavy atom. The van der Waals surface area contributed by atoms with Crippen LogP contribution in [0.3, 0.4) is 0 Å². The average molecular weight is 264 g/mol. The van der Waals surface area contributed by atoms with Crippen molar-refractivity contribution in [2.24, 2.45) is 0 Å². The van der Waals surface area contributed by atoms with Crippen molar-refractivity contribution in [3.8, 4) is 17.8 Å². The molecule has 0 radical (unpaired) electrons. The molecule has 0 unspecified atom stereocenters. The number of aromatic nitrogens is 1. The maximum Gasteiger partial charge on any atom is 0.127 e. The van der Waals surface area contributed by atoms with Gasteiger partial charge in [-0.25, -0.2) is 0 Å². The molecular formula is C16H16N4. The molecule has 0 spiro atoms. The maximum absolute atomic E-state index is 9.34. The van der Waals surface area contributed by atoms with Crippen LogP contribution in [0.2, 0.25) is 0 Å². The maximum atomic E-state index is 9.34. The van der Waals surface area contributed by atoms with Crippen LogP contribution in [0.15, 0.2) is 30.3 Å². The van der Waals surface area contributed by atoms with Crippen molar-refractivity contribution in [1.82, 2.24) is 4.57 Å². The van der Waals surface area contributed by atoms with Crippen LogP contribution in [0, 0.1) is 22.7 Å². The molecule has 2 rings (SSSR count). The highest BCUT2D eigenvalue weighted by atomic mass is 15.1. The van der Waals surface area contributed by atoms with Gasteiger partial charge >= 0.3 is 0 Å². The number of nitrogen functional groups attached to an aromatic ring is 1. The van der Waals surface area contributed by atoms with E-state index < -0.39 is 0 Å². The quantitative estimate of drug-likeness (QED) is 0.921. The third-order valence-corrected chi connectivity index (χ3v) is 3.31. The summed E-state index contributed by atoms with van der Waals surface area (Å²) in [5.74, 6) is 0.348. The SMILES string of the molecule is CCCCc1c(C#N)c(C#N)c(N)n1-c1ccccc1. The van der Waals surface area contributed by atoms with Crippen LogP contribution >= 0.6 is 0 Å². The Labute approximate surface area is 118 Å². The summed E-state index contributed by atoms with van der Waals surface area (Å²) in [7, 11) is 0. The Bertz CT molecular complexity index is 684. The molecule has 0 aliphatic carbocycles. The average Bonchev–Trinajstić information content (AvgIpc) is 2.76. The van der Waals surface area contributed by atoms with Gasteiger partial charge in [0.05, 0.1) is 5.56 Å². The summed E-state index contributed by atoms with van der Waals surface area (Å²) in [5, 5.41) is 18.6. The molecule has 100 valence electrons. The smallest absolute Gasteiger partial charge is 0.127 e. The first kappa shape index (κ1) is 13.7. The standard InChI is InChI=1S/C16H16N4/c1-2-3-9-15-13(10-17)14(11-18)16(19)20(15)12-7-5-4-6-8-12/h4-8H,2-3,9,19H2,1H3. The van der Waals surface area contributed by atoms with Crippen molar-refractivity contribution in [2.75, 3.05) is 5.73 Å². The molecule has 2 N–H and O–H groups in total. The third-order valence-electron chi connectivity index (χ3n) is 3.31. The first-order valence-corrected chi connectivity index (χ1v) is 6.63. The van der Waals surface area contributed by atoms with E-state index in [4.69, 9.17) is 5.73 Å². The molecule has 2 aromatic rings. The number of anilines is 1. The molecule has 0 saturated carbocycles. The topological polar surface area (TPSA) is 78.5 Å². The lowest BCUT2D eigenvalue weighted by Gasteiger charge is -2.11. The number of hydrogen-bond acceptors (Lipinski definition) is 3. The number of benzene rings is 1. The van der Waals surface area contributed by atoms with Crippen molar-refractivity contribution in [1.29, 1.82) is 10.5 Å². The van der Waals surface area contributed by atoms with Gasteiger partial charge in [-0.1, -0.05) is 31.5 Å². The van der Waals surface area contributed by atoms with E-state index in [1.54, 1.807) is 0 Å². The largest absolute Gasteiger partial charge is 0.384 e.